The Morgan fingerprint density at radius 2 is 1.38 bits per heavy atom. The molecule has 5 aromatic rings. The molecule has 0 bridgehead atoms. The number of rotatable bonds is 6. The Hall–Kier alpha value is -4.45. The highest BCUT2D eigenvalue weighted by molar-refractivity contribution is 5.78. The van der Waals surface area contributed by atoms with Crippen molar-refractivity contribution >= 4 is 5.82 Å². The van der Waals surface area contributed by atoms with Crippen molar-refractivity contribution in [3.05, 3.63) is 109 Å². The molecule has 0 saturated carbocycles. The number of hydrogen-bond acceptors (Lipinski definition) is 6. The molecule has 1 N–H and O–H groups in total. The van der Waals surface area contributed by atoms with E-state index >= 15 is 0 Å². The van der Waals surface area contributed by atoms with Crippen molar-refractivity contribution in [2.45, 2.75) is 6.54 Å². The molecule has 0 saturated heterocycles. The number of nitrogens with zero attached hydrogens (tertiary/aromatic N) is 5. The van der Waals surface area contributed by atoms with E-state index in [1.54, 1.807) is 6.20 Å². The molecule has 3 aromatic heterocycles. The second-order valence-electron chi connectivity index (χ2n) is 7.19. The molecule has 0 spiro atoms. The van der Waals surface area contributed by atoms with Crippen molar-refractivity contribution in [2.24, 2.45) is 0 Å². The smallest absolute Gasteiger partial charge is 0.201 e. The van der Waals surface area contributed by atoms with Crippen LogP contribution in [0.15, 0.2) is 103 Å². The minimum Gasteiger partial charge on any atom is -0.366 e. The predicted molar refractivity (Wildman–Crippen MR) is 125 cm³/mol. The van der Waals surface area contributed by atoms with Gasteiger partial charge in [0.25, 0.3) is 0 Å². The lowest BCUT2D eigenvalue weighted by atomic mass is 10.0. The van der Waals surface area contributed by atoms with Crippen molar-refractivity contribution in [3.63, 3.8) is 0 Å². The third-order valence-electron chi connectivity index (χ3n) is 4.96. The topological polar surface area (TPSA) is 76.5 Å². The van der Waals surface area contributed by atoms with Crippen molar-refractivity contribution in [2.75, 3.05) is 5.32 Å². The van der Waals surface area contributed by atoms with Gasteiger partial charge in [-0.3, -0.25) is 4.98 Å². The summed E-state index contributed by atoms with van der Waals surface area (Å²) < 4.78 is 0. The van der Waals surface area contributed by atoms with Gasteiger partial charge < -0.3 is 5.32 Å². The van der Waals surface area contributed by atoms with Crippen LogP contribution in [0.2, 0.25) is 0 Å². The summed E-state index contributed by atoms with van der Waals surface area (Å²) >= 11 is 0. The van der Waals surface area contributed by atoms with E-state index in [1.807, 2.05) is 97.2 Å². The minimum atomic E-state index is 0.480. The van der Waals surface area contributed by atoms with Gasteiger partial charge >= 0.3 is 0 Å². The zero-order chi connectivity index (χ0) is 21.6. The van der Waals surface area contributed by atoms with Crippen LogP contribution in [0.25, 0.3) is 34.0 Å². The first-order chi connectivity index (χ1) is 15.9. The average Bonchev–Trinajstić information content (AvgIpc) is 2.89. The van der Waals surface area contributed by atoms with Crippen LogP contribution in [0, 0.1) is 0 Å². The zero-order valence-electron chi connectivity index (χ0n) is 17.3. The first-order valence-electron chi connectivity index (χ1n) is 10.3. The van der Waals surface area contributed by atoms with E-state index < -0.39 is 0 Å². The summed E-state index contributed by atoms with van der Waals surface area (Å²) in [4.78, 5) is 13.7. The van der Waals surface area contributed by atoms with Crippen LogP contribution in [0.5, 0.6) is 0 Å². The lowest BCUT2D eigenvalue weighted by Gasteiger charge is -2.10. The number of nitrogens with one attached hydrogen (secondary N) is 1. The van der Waals surface area contributed by atoms with Gasteiger partial charge in [-0.15, -0.1) is 10.2 Å². The highest BCUT2D eigenvalue weighted by Crippen LogP contribution is 2.29. The highest BCUT2D eigenvalue weighted by Gasteiger charge is 2.15. The molecule has 32 heavy (non-hydrogen) atoms. The van der Waals surface area contributed by atoms with Gasteiger partial charge in [0.1, 0.15) is 22.9 Å². The molecular weight excluding hydrogens is 396 g/mol. The van der Waals surface area contributed by atoms with E-state index in [9.17, 15) is 0 Å². The minimum absolute atomic E-state index is 0.480. The Kier molecular flexibility index (Phi) is 5.57. The SMILES string of the molecule is c1ccc(-c2nnc(-c3cccc(NCc4cccnc4)n3)nc2-c2ccccc2)cc1. The van der Waals surface area contributed by atoms with Crippen molar-refractivity contribution in [1.29, 1.82) is 0 Å². The summed E-state index contributed by atoms with van der Waals surface area (Å²) in [5.74, 6) is 1.22. The highest BCUT2D eigenvalue weighted by atomic mass is 15.2. The molecule has 0 atom stereocenters. The summed E-state index contributed by atoms with van der Waals surface area (Å²) in [6.07, 6.45) is 3.59. The molecule has 0 amide bonds. The van der Waals surface area contributed by atoms with Crippen LogP contribution in [-0.4, -0.2) is 25.1 Å². The van der Waals surface area contributed by atoms with E-state index in [0.29, 0.717) is 18.1 Å². The normalized spacial score (nSPS) is 10.6. The maximum atomic E-state index is 4.88. The molecule has 6 heteroatoms. The molecule has 0 aliphatic rings. The predicted octanol–water partition coefficient (Wildman–Crippen LogP) is 5.27. The van der Waals surface area contributed by atoms with Gasteiger partial charge in [0.05, 0.1) is 0 Å². The molecule has 0 radical (unpaired) electrons. The average molecular weight is 416 g/mol. The van der Waals surface area contributed by atoms with Crippen LogP contribution < -0.4 is 5.32 Å². The monoisotopic (exact) mass is 416 g/mol. The summed E-state index contributed by atoms with van der Waals surface area (Å²) in [5.41, 5.74) is 5.21. The number of benzene rings is 2. The summed E-state index contributed by atoms with van der Waals surface area (Å²) in [5, 5.41) is 12.3. The van der Waals surface area contributed by atoms with Crippen molar-refractivity contribution < 1.29 is 0 Å². The Labute approximate surface area is 186 Å². The largest absolute Gasteiger partial charge is 0.366 e. The Bertz CT molecular complexity index is 1310. The molecule has 0 unspecified atom stereocenters. The quantitative estimate of drug-likeness (QED) is 0.406. The van der Waals surface area contributed by atoms with Gasteiger partial charge in [-0.05, 0) is 23.8 Å². The lowest BCUT2D eigenvalue weighted by Crippen LogP contribution is -2.04. The van der Waals surface area contributed by atoms with Crippen LogP contribution in [0.4, 0.5) is 5.82 Å². The van der Waals surface area contributed by atoms with Crippen LogP contribution in [0.3, 0.4) is 0 Å². The van der Waals surface area contributed by atoms with Crippen molar-refractivity contribution in [3.8, 4) is 34.0 Å². The lowest BCUT2D eigenvalue weighted by molar-refractivity contribution is 0.979. The van der Waals surface area contributed by atoms with Gasteiger partial charge in [-0.1, -0.05) is 72.8 Å². The molecule has 0 fully saturated rings. The van der Waals surface area contributed by atoms with Crippen molar-refractivity contribution in [1.82, 2.24) is 25.1 Å². The van der Waals surface area contributed by atoms with Gasteiger partial charge in [0, 0.05) is 30.1 Å². The first-order valence-corrected chi connectivity index (χ1v) is 10.3. The third-order valence-corrected chi connectivity index (χ3v) is 4.96. The summed E-state index contributed by atoms with van der Waals surface area (Å²) in [7, 11) is 0. The van der Waals surface area contributed by atoms with Crippen LogP contribution in [-0.2, 0) is 6.54 Å². The number of anilines is 1. The first kappa shape index (κ1) is 19.5. The van der Waals surface area contributed by atoms with Gasteiger partial charge in [0.2, 0.25) is 5.82 Å². The molecule has 0 aliphatic carbocycles. The molecular formula is C26H20N6. The summed E-state index contributed by atoms with van der Waals surface area (Å²) in [6.45, 7) is 0.631. The Balaban J connectivity index is 1.50. The number of hydrogen-bond donors (Lipinski definition) is 1. The second-order valence-corrected chi connectivity index (χ2v) is 7.19. The molecule has 0 aliphatic heterocycles. The third kappa shape index (κ3) is 4.34. The maximum absolute atomic E-state index is 4.88. The fourth-order valence-electron chi connectivity index (χ4n) is 3.38. The van der Waals surface area contributed by atoms with Crippen LogP contribution >= 0.6 is 0 Å². The van der Waals surface area contributed by atoms with Gasteiger partial charge in [0.15, 0.2) is 0 Å². The standard InChI is InChI=1S/C26H20N6/c1-3-10-20(11-4-1)24-25(21-12-5-2-6-13-21)31-32-26(30-24)22-14-7-15-23(29-22)28-18-19-9-8-16-27-17-19/h1-17H,18H2,(H,28,29). The van der Waals surface area contributed by atoms with E-state index in [0.717, 1.165) is 33.9 Å². The van der Waals surface area contributed by atoms with Gasteiger partial charge in [-0.25, -0.2) is 9.97 Å². The second kappa shape index (κ2) is 9.14. The summed E-state index contributed by atoms with van der Waals surface area (Å²) in [6, 6.07) is 29.7. The Morgan fingerprint density at radius 3 is 2.09 bits per heavy atom. The molecule has 6 nitrogen and oxygen atoms in total. The van der Waals surface area contributed by atoms with E-state index in [-0.39, 0.29) is 0 Å². The number of pyridine rings is 2. The molecule has 154 valence electrons. The van der Waals surface area contributed by atoms with E-state index in [2.05, 4.69) is 20.5 Å². The van der Waals surface area contributed by atoms with E-state index in [4.69, 9.17) is 9.97 Å². The molecule has 2 aromatic carbocycles. The molecule has 5 rings (SSSR count). The molecule has 3 heterocycles. The van der Waals surface area contributed by atoms with E-state index in [1.165, 1.54) is 0 Å². The zero-order valence-corrected chi connectivity index (χ0v) is 17.3. The Morgan fingerprint density at radius 1 is 0.625 bits per heavy atom. The maximum Gasteiger partial charge on any atom is 0.201 e. The fourth-order valence-corrected chi connectivity index (χ4v) is 3.38. The van der Waals surface area contributed by atoms with Gasteiger partial charge in [-0.2, -0.15) is 0 Å². The fraction of sp³-hybridized carbons (Fsp3) is 0.0385. The number of aromatic nitrogens is 5. The van der Waals surface area contributed by atoms with Crippen LogP contribution in [0.1, 0.15) is 5.56 Å².